The largest absolute Gasteiger partial charge is 0.492 e. The minimum atomic E-state index is -3.82. The van der Waals surface area contributed by atoms with E-state index in [-0.39, 0.29) is 28.0 Å². The van der Waals surface area contributed by atoms with Gasteiger partial charge in [0.05, 0.1) is 21.1 Å². The molecule has 0 unspecified atom stereocenters. The molecular formula is C23H19ClN2O4S2. The van der Waals surface area contributed by atoms with Gasteiger partial charge in [0.15, 0.2) is 0 Å². The van der Waals surface area contributed by atoms with E-state index in [1.54, 1.807) is 43.6 Å². The number of nitrogens with one attached hydrogen (secondary N) is 1. The number of carbonyl (C=O) groups excluding carboxylic acids is 1. The van der Waals surface area contributed by atoms with Crippen LogP contribution in [0.15, 0.2) is 76.8 Å². The SMILES string of the molecule is CCOc1ccc(Cl)cc1S(=O)(=O)c1ccc(CNC(=O)c2cc3ccncc3s2)cc1. The van der Waals surface area contributed by atoms with Gasteiger partial charge in [-0.1, -0.05) is 23.7 Å². The zero-order valence-corrected chi connectivity index (χ0v) is 19.4. The predicted molar refractivity (Wildman–Crippen MR) is 125 cm³/mol. The van der Waals surface area contributed by atoms with E-state index in [1.165, 1.54) is 29.5 Å². The Morgan fingerprint density at radius 1 is 1.12 bits per heavy atom. The van der Waals surface area contributed by atoms with Crippen molar-refractivity contribution in [2.45, 2.75) is 23.3 Å². The highest BCUT2D eigenvalue weighted by atomic mass is 35.5. The van der Waals surface area contributed by atoms with E-state index in [9.17, 15) is 13.2 Å². The molecule has 4 aromatic rings. The topological polar surface area (TPSA) is 85.4 Å². The summed E-state index contributed by atoms with van der Waals surface area (Å²) in [6.07, 6.45) is 3.42. The Labute approximate surface area is 194 Å². The predicted octanol–water partition coefficient (Wildman–Crippen LogP) is 5.11. The van der Waals surface area contributed by atoms with Crippen molar-refractivity contribution in [3.63, 3.8) is 0 Å². The number of rotatable bonds is 7. The van der Waals surface area contributed by atoms with Crippen LogP contribution in [0.1, 0.15) is 22.2 Å². The van der Waals surface area contributed by atoms with Crippen LogP contribution in [-0.4, -0.2) is 25.9 Å². The summed E-state index contributed by atoms with van der Waals surface area (Å²) in [5.74, 6) is 0.0648. The second-order valence-corrected chi connectivity index (χ2v) is 10.3. The number of halogens is 1. The highest BCUT2D eigenvalue weighted by molar-refractivity contribution is 7.91. The number of thiophene rings is 1. The van der Waals surface area contributed by atoms with Gasteiger partial charge in [-0.05, 0) is 60.3 Å². The quantitative estimate of drug-likeness (QED) is 0.392. The van der Waals surface area contributed by atoms with E-state index >= 15 is 0 Å². The second kappa shape index (κ2) is 9.28. The number of pyridine rings is 1. The zero-order valence-electron chi connectivity index (χ0n) is 17.0. The lowest BCUT2D eigenvalue weighted by Gasteiger charge is -2.12. The fraction of sp³-hybridized carbons (Fsp3) is 0.130. The molecule has 0 saturated heterocycles. The van der Waals surface area contributed by atoms with E-state index in [4.69, 9.17) is 16.3 Å². The summed E-state index contributed by atoms with van der Waals surface area (Å²) in [5.41, 5.74) is 0.774. The number of amides is 1. The Bertz CT molecular complexity index is 1350. The number of sulfone groups is 1. The van der Waals surface area contributed by atoms with Gasteiger partial charge in [-0.2, -0.15) is 0 Å². The third-order valence-electron chi connectivity index (χ3n) is 4.73. The number of ether oxygens (including phenoxy) is 1. The first kappa shape index (κ1) is 22.3. The van der Waals surface area contributed by atoms with Gasteiger partial charge in [-0.25, -0.2) is 8.42 Å². The van der Waals surface area contributed by atoms with Gasteiger partial charge in [0.2, 0.25) is 9.84 Å². The summed E-state index contributed by atoms with van der Waals surface area (Å²) in [4.78, 5) is 17.3. The first-order chi connectivity index (χ1) is 15.4. The maximum absolute atomic E-state index is 13.1. The highest BCUT2D eigenvalue weighted by Crippen LogP contribution is 2.32. The third kappa shape index (κ3) is 4.62. The average Bonchev–Trinajstić information content (AvgIpc) is 3.23. The van der Waals surface area contributed by atoms with Gasteiger partial charge in [-0.3, -0.25) is 9.78 Å². The molecule has 0 aliphatic rings. The lowest BCUT2D eigenvalue weighted by atomic mass is 10.2. The van der Waals surface area contributed by atoms with Crippen LogP contribution in [0.5, 0.6) is 5.75 Å². The van der Waals surface area contributed by atoms with Gasteiger partial charge >= 0.3 is 0 Å². The Hall–Kier alpha value is -2.94. The van der Waals surface area contributed by atoms with Crippen LogP contribution < -0.4 is 10.1 Å². The summed E-state index contributed by atoms with van der Waals surface area (Å²) < 4.78 is 32.6. The fourth-order valence-corrected chi connectivity index (χ4v) is 5.75. The average molecular weight is 487 g/mol. The molecule has 2 aromatic carbocycles. The zero-order chi connectivity index (χ0) is 22.7. The number of carbonyl (C=O) groups is 1. The minimum Gasteiger partial charge on any atom is -0.492 e. The summed E-state index contributed by atoms with van der Waals surface area (Å²) >= 11 is 7.39. The van der Waals surface area contributed by atoms with Crippen molar-refractivity contribution in [2.24, 2.45) is 0 Å². The molecule has 1 amide bonds. The Kier molecular flexibility index (Phi) is 6.45. The van der Waals surface area contributed by atoms with Crippen molar-refractivity contribution in [3.8, 4) is 5.75 Å². The molecule has 0 bridgehead atoms. The number of fused-ring (bicyclic) bond motifs is 1. The molecule has 0 atom stereocenters. The molecule has 4 rings (SSSR count). The molecule has 0 aliphatic carbocycles. The van der Waals surface area contributed by atoms with Crippen molar-refractivity contribution in [2.75, 3.05) is 6.61 Å². The standard InChI is InChI=1S/C23H19ClN2O4S2/c1-2-30-19-8-5-17(24)12-22(19)32(28,29)18-6-3-15(4-7-18)13-26-23(27)20-11-16-9-10-25-14-21(16)31-20/h3-12,14H,2,13H2,1H3,(H,26,27). The normalized spacial score (nSPS) is 11.4. The molecule has 2 heterocycles. The van der Waals surface area contributed by atoms with E-state index < -0.39 is 9.84 Å². The van der Waals surface area contributed by atoms with Gasteiger partial charge in [0, 0.05) is 24.0 Å². The second-order valence-electron chi connectivity index (χ2n) is 6.88. The van der Waals surface area contributed by atoms with Gasteiger partial charge in [0.1, 0.15) is 10.6 Å². The molecule has 0 spiro atoms. The smallest absolute Gasteiger partial charge is 0.261 e. The van der Waals surface area contributed by atoms with Gasteiger partial charge in [-0.15, -0.1) is 11.3 Å². The highest BCUT2D eigenvalue weighted by Gasteiger charge is 2.23. The molecule has 164 valence electrons. The molecule has 0 aliphatic heterocycles. The number of nitrogens with zero attached hydrogens (tertiary/aromatic N) is 1. The molecule has 6 nitrogen and oxygen atoms in total. The van der Waals surface area contributed by atoms with Crippen LogP contribution in [0.25, 0.3) is 10.1 Å². The molecule has 0 fully saturated rings. The molecule has 2 aromatic heterocycles. The maximum atomic E-state index is 13.1. The lowest BCUT2D eigenvalue weighted by molar-refractivity contribution is 0.0955. The van der Waals surface area contributed by atoms with Crippen LogP contribution in [0.4, 0.5) is 0 Å². The van der Waals surface area contributed by atoms with Crippen molar-refractivity contribution >= 4 is 48.8 Å². The summed E-state index contributed by atoms with van der Waals surface area (Å²) in [7, 11) is -3.82. The van der Waals surface area contributed by atoms with Crippen molar-refractivity contribution in [1.82, 2.24) is 10.3 Å². The maximum Gasteiger partial charge on any atom is 0.261 e. The molecule has 1 N–H and O–H groups in total. The summed E-state index contributed by atoms with van der Waals surface area (Å²) in [6, 6.07) is 14.6. The number of aromatic nitrogens is 1. The van der Waals surface area contributed by atoms with Gasteiger partial charge < -0.3 is 10.1 Å². The minimum absolute atomic E-state index is 0.0205. The molecule has 0 saturated carbocycles. The lowest BCUT2D eigenvalue weighted by Crippen LogP contribution is -2.21. The Morgan fingerprint density at radius 3 is 2.62 bits per heavy atom. The van der Waals surface area contributed by atoms with E-state index in [0.717, 1.165) is 15.6 Å². The van der Waals surface area contributed by atoms with Crippen molar-refractivity contribution in [1.29, 1.82) is 0 Å². The van der Waals surface area contributed by atoms with Crippen LogP contribution >= 0.6 is 22.9 Å². The molecule has 0 radical (unpaired) electrons. The number of hydrogen-bond acceptors (Lipinski definition) is 6. The number of benzene rings is 2. The monoisotopic (exact) mass is 486 g/mol. The van der Waals surface area contributed by atoms with E-state index in [1.807, 2.05) is 12.1 Å². The number of hydrogen-bond donors (Lipinski definition) is 1. The first-order valence-electron chi connectivity index (χ1n) is 9.76. The molecular weight excluding hydrogens is 468 g/mol. The summed E-state index contributed by atoms with van der Waals surface area (Å²) in [6.45, 7) is 2.38. The van der Waals surface area contributed by atoms with Crippen molar-refractivity contribution < 1.29 is 17.9 Å². The first-order valence-corrected chi connectivity index (χ1v) is 12.4. The van der Waals surface area contributed by atoms with Gasteiger partial charge in [0.25, 0.3) is 5.91 Å². The third-order valence-corrected chi connectivity index (χ3v) is 7.84. The Balaban J connectivity index is 1.49. The van der Waals surface area contributed by atoms with E-state index in [2.05, 4.69) is 10.3 Å². The van der Waals surface area contributed by atoms with Crippen LogP contribution in [0.2, 0.25) is 5.02 Å². The van der Waals surface area contributed by atoms with E-state index in [0.29, 0.717) is 16.5 Å². The molecule has 9 heteroatoms. The van der Waals surface area contributed by atoms with Crippen LogP contribution in [0.3, 0.4) is 0 Å². The van der Waals surface area contributed by atoms with Crippen molar-refractivity contribution in [3.05, 3.63) is 82.5 Å². The fourth-order valence-electron chi connectivity index (χ4n) is 3.15. The Morgan fingerprint density at radius 2 is 1.91 bits per heavy atom. The summed E-state index contributed by atoms with van der Waals surface area (Å²) in [5, 5.41) is 4.14. The molecule has 32 heavy (non-hydrogen) atoms. The van der Waals surface area contributed by atoms with Crippen LogP contribution in [0, 0.1) is 0 Å². The van der Waals surface area contributed by atoms with Crippen LogP contribution in [-0.2, 0) is 16.4 Å².